The van der Waals surface area contributed by atoms with Crippen LogP contribution in [0.5, 0.6) is 0 Å². The van der Waals surface area contributed by atoms with Gasteiger partial charge in [-0.25, -0.2) is 4.98 Å². The molecule has 0 aliphatic rings. The van der Waals surface area contributed by atoms with Crippen LogP contribution in [0.15, 0.2) is 30.6 Å². The topological polar surface area (TPSA) is 80.9 Å². The number of hydrogen-bond acceptors (Lipinski definition) is 4. The Hall–Kier alpha value is -2.43. The summed E-state index contributed by atoms with van der Waals surface area (Å²) in [5.41, 5.74) is 8.49. The fourth-order valence-corrected chi connectivity index (χ4v) is 1.98. The number of nitrogens with one attached hydrogen (secondary N) is 1. The van der Waals surface area contributed by atoms with E-state index in [0.29, 0.717) is 11.4 Å². The number of nitrogens with two attached hydrogens (primary N) is 1. The van der Waals surface area contributed by atoms with Gasteiger partial charge in [0.2, 0.25) is 0 Å². The van der Waals surface area contributed by atoms with Crippen LogP contribution < -0.4 is 11.1 Å². The van der Waals surface area contributed by atoms with Crippen molar-refractivity contribution >= 4 is 11.7 Å². The molecule has 0 aromatic carbocycles. The third-order valence-electron chi connectivity index (χ3n) is 2.90. The molecule has 2 aromatic heterocycles. The minimum atomic E-state index is -0.496. The van der Waals surface area contributed by atoms with E-state index in [1.54, 1.807) is 18.5 Å². The Morgan fingerprint density at radius 3 is 2.70 bits per heavy atom. The standard InChI is InChI=1S/C15H18N4O/c1-9(2)19-15-13(14(16)20)7-11(8-18-15)12-5-4-6-17-10(12)3/h4-9H,1-3H3,(H2,16,20)(H,18,19). The van der Waals surface area contributed by atoms with Crippen molar-refractivity contribution in [2.45, 2.75) is 26.8 Å². The molecular weight excluding hydrogens is 252 g/mol. The van der Waals surface area contributed by atoms with Crippen LogP contribution in [0.2, 0.25) is 0 Å². The smallest absolute Gasteiger partial charge is 0.252 e. The molecule has 3 N–H and O–H groups in total. The zero-order chi connectivity index (χ0) is 14.7. The molecule has 0 unspecified atom stereocenters. The van der Waals surface area contributed by atoms with Gasteiger partial charge in [0, 0.05) is 35.3 Å². The van der Waals surface area contributed by atoms with Crippen molar-refractivity contribution in [2.75, 3.05) is 5.32 Å². The molecule has 1 amide bonds. The fraction of sp³-hybridized carbons (Fsp3) is 0.267. The number of carbonyl (C=O) groups is 1. The van der Waals surface area contributed by atoms with Crippen LogP contribution in [0.3, 0.4) is 0 Å². The van der Waals surface area contributed by atoms with Gasteiger partial charge < -0.3 is 11.1 Å². The molecule has 0 fully saturated rings. The lowest BCUT2D eigenvalue weighted by Crippen LogP contribution is -2.19. The first-order chi connectivity index (χ1) is 9.49. The van der Waals surface area contributed by atoms with E-state index in [0.717, 1.165) is 16.8 Å². The van der Waals surface area contributed by atoms with Crippen LogP contribution in [-0.2, 0) is 0 Å². The number of anilines is 1. The Labute approximate surface area is 118 Å². The summed E-state index contributed by atoms with van der Waals surface area (Å²) in [5.74, 6) is 0.0156. The Morgan fingerprint density at radius 2 is 2.10 bits per heavy atom. The predicted molar refractivity (Wildman–Crippen MR) is 79.5 cm³/mol. The molecule has 2 aromatic rings. The maximum absolute atomic E-state index is 11.6. The summed E-state index contributed by atoms with van der Waals surface area (Å²) in [6.07, 6.45) is 3.46. The molecule has 0 bridgehead atoms. The van der Waals surface area contributed by atoms with Crippen molar-refractivity contribution in [3.63, 3.8) is 0 Å². The van der Waals surface area contributed by atoms with Crippen LogP contribution in [-0.4, -0.2) is 21.9 Å². The minimum Gasteiger partial charge on any atom is -0.367 e. The Kier molecular flexibility index (Phi) is 3.98. The number of nitrogens with zero attached hydrogens (tertiary/aromatic N) is 2. The van der Waals surface area contributed by atoms with E-state index in [1.165, 1.54) is 0 Å². The first-order valence-corrected chi connectivity index (χ1v) is 6.47. The lowest BCUT2D eigenvalue weighted by molar-refractivity contribution is 0.100. The molecule has 0 saturated heterocycles. The van der Waals surface area contributed by atoms with E-state index in [-0.39, 0.29) is 6.04 Å². The van der Waals surface area contributed by atoms with E-state index in [1.807, 2.05) is 32.9 Å². The van der Waals surface area contributed by atoms with E-state index in [2.05, 4.69) is 15.3 Å². The van der Waals surface area contributed by atoms with Crippen molar-refractivity contribution < 1.29 is 4.79 Å². The number of carbonyl (C=O) groups excluding carboxylic acids is 1. The Morgan fingerprint density at radius 1 is 1.35 bits per heavy atom. The molecule has 2 rings (SSSR count). The molecule has 0 atom stereocenters. The van der Waals surface area contributed by atoms with Crippen molar-refractivity contribution in [3.8, 4) is 11.1 Å². The largest absolute Gasteiger partial charge is 0.367 e. The van der Waals surface area contributed by atoms with Crippen LogP contribution in [0.4, 0.5) is 5.82 Å². The molecule has 0 aliphatic carbocycles. The van der Waals surface area contributed by atoms with Crippen molar-refractivity contribution in [1.29, 1.82) is 0 Å². The molecule has 5 heteroatoms. The second-order valence-corrected chi connectivity index (χ2v) is 4.92. The summed E-state index contributed by atoms with van der Waals surface area (Å²) >= 11 is 0. The van der Waals surface area contributed by atoms with Crippen molar-refractivity contribution in [2.24, 2.45) is 5.73 Å². The first kappa shape index (κ1) is 14.0. The van der Waals surface area contributed by atoms with Gasteiger partial charge >= 0.3 is 0 Å². The Bertz CT molecular complexity index is 638. The molecule has 0 spiro atoms. The number of primary amides is 1. The summed E-state index contributed by atoms with van der Waals surface area (Å²) in [7, 11) is 0. The fourth-order valence-electron chi connectivity index (χ4n) is 1.98. The highest BCUT2D eigenvalue weighted by molar-refractivity contribution is 5.98. The van der Waals surface area contributed by atoms with E-state index < -0.39 is 5.91 Å². The zero-order valence-corrected chi connectivity index (χ0v) is 11.8. The van der Waals surface area contributed by atoms with Gasteiger partial charge in [-0.15, -0.1) is 0 Å². The van der Waals surface area contributed by atoms with Crippen molar-refractivity contribution in [1.82, 2.24) is 9.97 Å². The third-order valence-corrected chi connectivity index (χ3v) is 2.90. The molecule has 0 saturated carbocycles. The van der Waals surface area contributed by atoms with Gasteiger partial charge in [0.15, 0.2) is 0 Å². The summed E-state index contributed by atoms with van der Waals surface area (Å²) in [4.78, 5) is 20.2. The zero-order valence-electron chi connectivity index (χ0n) is 11.8. The number of aryl methyl sites for hydroxylation is 1. The lowest BCUT2D eigenvalue weighted by atomic mass is 10.0. The number of aromatic nitrogens is 2. The number of pyridine rings is 2. The van der Waals surface area contributed by atoms with Gasteiger partial charge in [0.1, 0.15) is 5.82 Å². The Balaban J connectivity index is 2.50. The van der Waals surface area contributed by atoms with Crippen LogP contribution in [0.1, 0.15) is 29.9 Å². The quantitative estimate of drug-likeness (QED) is 0.893. The predicted octanol–water partition coefficient (Wildman–Crippen LogP) is 2.37. The monoisotopic (exact) mass is 270 g/mol. The minimum absolute atomic E-state index is 0.173. The highest BCUT2D eigenvalue weighted by Crippen LogP contribution is 2.25. The second-order valence-electron chi connectivity index (χ2n) is 4.92. The maximum atomic E-state index is 11.6. The molecule has 0 radical (unpaired) electrons. The van der Waals surface area contributed by atoms with Gasteiger partial charge in [0.05, 0.1) is 5.56 Å². The van der Waals surface area contributed by atoms with Crippen LogP contribution in [0, 0.1) is 6.92 Å². The summed E-state index contributed by atoms with van der Waals surface area (Å²) in [6, 6.07) is 5.72. The highest BCUT2D eigenvalue weighted by atomic mass is 16.1. The van der Waals surface area contributed by atoms with E-state index in [4.69, 9.17) is 5.73 Å². The molecule has 5 nitrogen and oxygen atoms in total. The SMILES string of the molecule is Cc1ncccc1-c1cnc(NC(C)C)c(C(N)=O)c1. The molecule has 20 heavy (non-hydrogen) atoms. The van der Waals surface area contributed by atoms with Gasteiger partial charge in [-0.3, -0.25) is 9.78 Å². The summed E-state index contributed by atoms with van der Waals surface area (Å²) < 4.78 is 0. The average Bonchev–Trinajstić information content (AvgIpc) is 2.39. The highest BCUT2D eigenvalue weighted by Gasteiger charge is 2.13. The number of hydrogen-bond donors (Lipinski definition) is 2. The summed E-state index contributed by atoms with van der Waals surface area (Å²) in [6.45, 7) is 5.87. The van der Waals surface area contributed by atoms with Crippen molar-refractivity contribution in [3.05, 3.63) is 41.9 Å². The molecule has 0 aliphatic heterocycles. The van der Waals surface area contributed by atoms with Crippen LogP contribution >= 0.6 is 0 Å². The molecule has 104 valence electrons. The normalized spacial score (nSPS) is 10.6. The number of amides is 1. The van der Waals surface area contributed by atoms with Gasteiger partial charge in [-0.05, 0) is 32.9 Å². The second kappa shape index (κ2) is 5.69. The van der Waals surface area contributed by atoms with Crippen LogP contribution in [0.25, 0.3) is 11.1 Å². The first-order valence-electron chi connectivity index (χ1n) is 6.47. The van der Waals surface area contributed by atoms with E-state index >= 15 is 0 Å². The molecule has 2 heterocycles. The summed E-state index contributed by atoms with van der Waals surface area (Å²) in [5, 5.41) is 3.12. The molecular formula is C15H18N4O. The third kappa shape index (κ3) is 2.93. The number of rotatable bonds is 4. The van der Waals surface area contributed by atoms with E-state index in [9.17, 15) is 4.79 Å². The van der Waals surface area contributed by atoms with Gasteiger partial charge in [-0.2, -0.15) is 0 Å². The lowest BCUT2D eigenvalue weighted by Gasteiger charge is -2.13. The average molecular weight is 270 g/mol. The van der Waals surface area contributed by atoms with Gasteiger partial charge in [0.25, 0.3) is 5.91 Å². The van der Waals surface area contributed by atoms with Gasteiger partial charge in [-0.1, -0.05) is 6.07 Å². The maximum Gasteiger partial charge on any atom is 0.252 e.